The van der Waals surface area contributed by atoms with Gasteiger partial charge in [0.05, 0.1) is 0 Å². The van der Waals surface area contributed by atoms with E-state index in [2.05, 4.69) is 30.5 Å². The molecule has 162 valence electrons. The van der Waals surface area contributed by atoms with Gasteiger partial charge in [-0.2, -0.15) is 0 Å². The topological polar surface area (TPSA) is 141 Å². The summed E-state index contributed by atoms with van der Waals surface area (Å²) in [5, 5.41) is 15.6. The molecule has 0 atom stereocenters. The summed E-state index contributed by atoms with van der Waals surface area (Å²) in [5.41, 5.74) is 16.1. The van der Waals surface area contributed by atoms with Gasteiger partial charge in [-0.05, 0) is 61.4 Å². The Kier molecular flexibility index (Phi) is 13.7. The normalized spacial score (nSPS) is 11.9. The fraction of sp³-hybridized carbons (Fsp3) is 0.304. The van der Waals surface area contributed by atoms with Gasteiger partial charge in [0.2, 0.25) is 5.91 Å². The molecule has 7 heteroatoms. The summed E-state index contributed by atoms with van der Waals surface area (Å²) in [7, 11) is 0. The molecule has 7 N–H and O–H groups in total. The highest BCUT2D eigenvalue weighted by Gasteiger charge is 2.08. The number of hydrogen-bond donors (Lipinski definition) is 5. The molecule has 0 saturated carbocycles. The number of rotatable bonds is 11. The minimum absolute atomic E-state index is 0.0324. The van der Waals surface area contributed by atoms with Crippen LogP contribution >= 0.6 is 0 Å². The van der Waals surface area contributed by atoms with Gasteiger partial charge in [-0.25, -0.2) is 4.99 Å². The maximum Gasteiger partial charge on any atom is 0.224 e. The Morgan fingerprint density at radius 1 is 1.30 bits per heavy atom. The van der Waals surface area contributed by atoms with Gasteiger partial charge in [0.25, 0.3) is 0 Å². The van der Waals surface area contributed by atoms with E-state index in [0.717, 1.165) is 36.0 Å². The third kappa shape index (κ3) is 9.64. The summed E-state index contributed by atoms with van der Waals surface area (Å²) < 4.78 is 0. The van der Waals surface area contributed by atoms with Gasteiger partial charge in [0, 0.05) is 23.4 Å². The van der Waals surface area contributed by atoms with Crippen LogP contribution in [0.1, 0.15) is 50.7 Å². The van der Waals surface area contributed by atoms with Gasteiger partial charge in [0.1, 0.15) is 12.2 Å². The molecule has 7 nitrogen and oxygen atoms in total. The van der Waals surface area contributed by atoms with Crippen molar-refractivity contribution >= 4 is 30.5 Å². The van der Waals surface area contributed by atoms with Crippen LogP contribution in [0, 0.1) is 10.8 Å². The quantitative estimate of drug-likeness (QED) is 0.162. The zero-order valence-electron chi connectivity index (χ0n) is 18.0. The SMILES string of the molecule is C=C/C=C(\C=C(/CC)NC(=O)CCCC)Cc1cc(C(N)=NC=N)ccc1N.C=N. The van der Waals surface area contributed by atoms with Gasteiger partial charge in [-0.1, -0.05) is 39.0 Å². The summed E-state index contributed by atoms with van der Waals surface area (Å²) in [6.45, 7) is 10.3. The van der Waals surface area contributed by atoms with Crippen LogP contribution < -0.4 is 16.8 Å². The first-order valence-corrected chi connectivity index (χ1v) is 9.83. The average molecular weight is 411 g/mol. The fourth-order valence-corrected chi connectivity index (χ4v) is 2.62. The predicted molar refractivity (Wildman–Crippen MR) is 128 cm³/mol. The van der Waals surface area contributed by atoms with Crippen molar-refractivity contribution < 1.29 is 4.79 Å². The number of nitrogen functional groups attached to an aromatic ring is 1. The van der Waals surface area contributed by atoms with Crippen molar-refractivity contribution in [3.63, 3.8) is 0 Å². The molecule has 1 rings (SSSR count). The van der Waals surface area contributed by atoms with Gasteiger partial charge in [-0.3, -0.25) is 10.2 Å². The zero-order valence-corrected chi connectivity index (χ0v) is 18.0. The van der Waals surface area contributed by atoms with Gasteiger partial charge in [0.15, 0.2) is 0 Å². The summed E-state index contributed by atoms with van der Waals surface area (Å²) in [5.74, 6) is 0.295. The summed E-state index contributed by atoms with van der Waals surface area (Å²) in [6.07, 6.45) is 10.1. The van der Waals surface area contributed by atoms with Crippen molar-refractivity contribution in [3.8, 4) is 0 Å². The molecule has 0 saturated heterocycles. The van der Waals surface area contributed by atoms with Crippen LogP contribution in [0.2, 0.25) is 0 Å². The molecule has 1 aromatic carbocycles. The van der Waals surface area contributed by atoms with Crippen LogP contribution in [0.4, 0.5) is 5.69 Å². The average Bonchev–Trinajstić information content (AvgIpc) is 2.74. The predicted octanol–water partition coefficient (Wildman–Crippen LogP) is 4.10. The Balaban J connectivity index is 0.00000407. The van der Waals surface area contributed by atoms with Gasteiger partial charge < -0.3 is 22.2 Å². The fourth-order valence-electron chi connectivity index (χ4n) is 2.62. The lowest BCUT2D eigenvalue weighted by Crippen LogP contribution is -2.22. The number of hydrogen-bond acceptors (Lipinski definition) is 4. The monoisotopic (exact) mass is 410 g/mol. The highest BCUT2D eigenvalue weighted by Crippen LogP contribution is 2.20. The Morgan fingerprint density at radius 2 is 2.00 bits per heavy atom. The van der Waals surface area contributed by atoms with Gasteiger partial charge in [-0.15, -0.1) is 0 Å². The molecule has 30 heavy (non-hydrogen) atoms. The molecule has 0 fully saturated rings. The van der Waals surface area contributed by atoms with Crippen LogP contribution in [0.5, 0.6) is 0 Å². The largest absolute Gasteiger partial charge is 0.398 e. The van der Waals surface area contributed by atoms with Crippen LogP contribution in [0.15, 0.2) is 59.3 Å². The van der Waals surface area contributed by atoms with Crippen molar-refractivity contribution in [2.45, 2.75) is 46.0 Å². The van der Waals surface area contributed by atoms with E-state index < -0.39 is 0 Å². The minimum Gasteiger partial charge on any atom is -0.398 e. The van der Waals surface area contributed by atoms with Crippen molar-refractivity contribution in [1.29, 1.82) is 10.8 Å². The van der Waals surface area contributed by atoms with E-state index >= 15 is 0 Å². The highest BCUT2D eigenvalue weighted by molar-refractivity contribution is 6.01. The standard InChI is InChI=1S/C22H31N5O.CH3N/c1-4-7-9-21(28)27-19(6-3)13-16(8-5-2)12-18-14-17(10-11-20(18)24)22(25)26-15-23;1-2/h5,8,10-11,13-15H,2,4,6-7,9,12,24H2,1,3H3,(H,27,28)(H3,23,25,26);2H,1H2/b16-8-,19-13+;. The molecular weight excluding hydrogens is 376 g/mol. The molecular formula is C23H34N6O. The Morgan fingerprint density at radius 3 is 2.57 bits per heavy atom. The van der Waals surface area contributed by atoms with Crippen molar-refractivity contribution in [3.05, 3.63) is 65.4 Å². The number of nitrogens with two attached hydrogens (primary N) is 2. The van der Waals surface area contributed by atoms with Crippen LogP contribution in [-0.2, 0) is 11.2 Å². The Hall–Kier alpha value is -3.48. The molecule has 0 bridgehead atoms. The first-order valence-electron chi connectivity index (χ1n) is 9.83. The number of benzene rings is 1. The van der Waals surface area contributed by atoms with E-state index in [0.29, 0.717) is 30.5 Å². The van der Waals surface area contributed by atoms with E-state index in [1.165, 1.54) is 0 Å². The molecule has 0 unspecified atom stereocenters. The summed E-state index contributed by atoms with van der Waals surface area (Å²) in [4.78, 5) is 15.9. The summed E-state index contributed by atoms with van der Waals surface area (Å²) in [6, 6.07) is 5.42. The van der Waals surface area contributed by atoms with E-state index in [4.69, 9.17) is 22.3 Å². The van der Waals surface area contributed by atoms with Crippen molar-refractivity contribution in [2.75, 3.05) is 5.73 Å². The molecule has 0 heterocycles. The third-order valence-electron chi connectivity index (χ3n) is 4.17. The first-order chi connectivity index (χ1) is 14.4. The second-order valence-corrected chi connectivity index (χ2v) is 6.39. The number of nitrogens with zero attached hydrogens (tertiary/aromatic N) is 1. The molecule has 0 radical (unpaired) electrons. The molecule has 0 aliphatic rings. The molecule has 0 aliphatic heterocycles. The lowest BCUT2D eigenvalue weighted by atomic mass is 9.99. The van der Waals surface area contributed by atoms with Crippen LogP contribution in [0.25, 0.3) is 0 Å². The maximum atomic E-state index is 12.0. The summed E-state index contributed by atoms with van der Waals surface area (Å²) >= 11 is 0. The number of unbranched alkanes of at least 4 members (excludes halogenated alkanes) is 1. The number of amides is 1. The number of carbonyl (C=O) groups is 1. The van der Waals surface area contributed by atoms with E-state index in [1.54, 1.807) is 18.2 Å². The number of anilines is 1. The number of allylic oxidation sites excluding steroid dienone is 5. The number of carbonyl (C=O) groups excluding carboxylic acids is 1. The van der Waals surface area contributed by atoms with Crippen molar-refractivity contribution in [1.82, 2.24) is 5.32 Å². The number of nitrogens with one attached hydrogen (secondary N) is 3. The smallest absolute Gasteiger partial charge is 0.224 e. The lowest BCUT2D eigenvalue weighted by molar-refractivity contribution is -0.120. The molecule has 0 spiro atoms. The minimum atomic E-state index is 0.0324. The van der Waals surface area contributed by atoms with Crippen LogP contribution in [-0.4, -0.2) is 24.8 Å². The van der Waals surface area contributed by atoms with E-state index in [9.17, 15) is 4.79 Å². The van der Waals surface area contributed by atoms with Crippen LogP contribution in [0.3, 0.4) is 0 Å². The molecule has 0 aliphatic carbocycles. The molecule has 1 amide bonds. The lowest BCUT2D eigenvalue weighted by Gasteiger charge is -2.12. The van der Waals surface area contributed by atoms with Gasteiger partial charge >= 0.3 is 0 Å². The van der Waals surface area contributed by atoms with E-state index in [1.807, 2.05) is 25.1 Å². The Bertz CT molecular complexity index is 808. The Labute approximate surface area is 179 Å². The zero-order chi connectivity index (χ0) is 22.9. The molecule has 0 aromatic heterocycles. The first kappa shape index (κ1) is 26.5. The number of aliphatic imine (C=N–C) groups is 1. The number of amidine groups is 1. The second kappa shape index (κ2) is 15.4. The van der Waals surface area contributed by atoms with E-state index in [-0.39, 0.29) is 11.7 Å². The molecule has 1 aromatic rings. The second-order valence-electron chi connectivity index (χ2n) is 6.39. The highest BCUT2D eigenvalue weighted by atomic mass is 16.1. The van der Waals surface area contributed by atoms with Crippen molar-refractivity contribution in [2.24, 2.45) is 10.7 Å². The maximum absolute atomic E-state index is 12.0. The third-order valence-corrected chi connectivity index (χ3v) is 4.17.